The van der Waals surface area contributed by atoms with E-state index in [0.717, 1.165) is 11.4 Å². The van der Waals surface area contributed by atoms with Crippen molar-refractivity contribution in [2.75, 3.05) is 0 Å². The first-order valence-corrected chi connectivity index (χ1v) is 6.33. The molecule has 0 saturated heterocycles. The maximum atomic E-state index is 11.8. The molecule has 3 heterocycles. The Kier molecular flexibility index (Phi) is 3.68. The summed E-state index contributed by atoms with van der Waals surface area (Å²) in [5.74, 6) is 0.382. The minimum absolute atomic E-state index is 0.179. The summed E-state index contributed by atoms with van der Waals surface area (Å²) in [5.41, 5.74) is 1.30. The van der Waals surface area contributed by atoms with Crippen molar-refractivity contribution in [2.24, 2.45) is 0 Å². The van der Waals surface area contributed by atoms with Gasteiger partial charge in [-0.15, -0.1) is 0 Å². The molecule has 0 aliphatic carbocycles. The first-order valence-electron chi connectivity index (χ1n) is 6.33. The highest BCUT2D eigenvalue weighted by atomic mass is 16.5. The van der Waals surface area contributed by atoms with Crippen LogP contribution in [0.25, 0.3) is 5.82 Å². The van der Waals surface area contributed by atoms with E-state index >= 15 is 0 Å². The molecule has 21 heavy (non-hydrogen) atoms. The highest BCUT2D eigenvalue weighted by molar-refractivity contribution is 5.89. The predicted molar refractivity (Wildman–Crippen MR) is 74.7 cm³/mol. The van der Waals surface area contributed by atoms with Crippen molar-refractivity contribution < 1.29 is 9.53 Å². The van der Waals surface area contributed by atoms with Crippen molar-refractivity contribution in [1.29, 1.82) is 0 Å². The predicted octanol–water partition coefficient (Wildman–Crippen LogP) is 2.02. The van der Waals surface area contributed by atoms with Gasteiger partial charge in [0.2, 0.25) is 0 Å². The molecular weight excluding hydrogens is 268 g/mol. The third-order valence-corrected chi connectivity index (χ3v) is 2.86. The monoisotopic (exact) mass is 280 g/mol. The van der Waals surface area contributed by atoms with Gasteiger partial charge in [0.15, 0.2) is 0 Å². The zero-order valence-electron chi connectivity index (χ0n) is 11.1. The number of esters is 1. The molecule has 3 aromatic heterocycles. The maximum absolute atomic E-state index is 11.8. The highest BCUT2D eigenvalue weighted by Gasteiger charge is 2.06. The summed E-state index contributed by atoms with van der Waals surface area (Å²) < 4.78 is 7.02. The quantitative estimate of drug-likeness (QED) is 0.684. The molecule has 0 aliphatic rings. The Morgan fingerprint density at radius 1 is 1.10 bits per heavy atom. The SMILES string of the molecule is O=C(OCc1ccc(-n2ccnc2)nc1)c1ccncc1. The molecule has 0 N–H and O–H groups in total. The Morgan fingerprint density at radius 2 is 1.95 bits per heavy atom. The fraction of sp³-hybridized carbons (Fsp3) is 0.0667. The lowest BCUT2D eigenvalue weighted by Gasteiger charge is -2.06. The van der Waals surface area contributed by atoms with E-state index in [4.69, 9.17) is 4.74 Å². The van der Waals surface area contributed by atoms with Gasteiger partial charge in [-0.25, -0.2) is 14.8 Å². The second-order valence-electron chi connectivity index (χ2n) is 4.31. The third kappa shape index (κ3) is 3.11. The van der Waals surface area contributed by atoms with E-state index in [9.17, 15) is 4.79 Å². The van der Waals surface area contributed by atoms with Gasteiger partial charge in [-0.05, 0) is 18.2 Å². The van der Waals surface area contributed by atoms with Gasteiger partial charge in [-0.3, -0.25) is 9.55 Å². The second kappa shape index (κ2) is 5.96. The Balaban J connectivity index is 1.62. The largest absolute Gasteiger partial charge is 0.457 e. The van der Waals surface area contributed by atoms with Crippen molar-refractivity contribution in [3.05, 3.63) is 72.7 Å². The lowest BCUT2D eigenvalue weighted by Crippen LogP contribution is -2.05. The third-order valence-electron chi connectivity index (χ3n) is 2.86. The highest BCUT2D eigenvalue weighted by Crippen LogP contribution is 2.08. The topological polar surface area (TPSA) is 69.9 Å². The normalized spacial score (nSPS) is 10.3. The van der Waals surface area contributed by atoms with Crippen LogP contribution in [0, 0.1) is 0 Å². The molecule has 3 aromatic rings. The molecule has 0 bridgehead atoms. The Bertz CT molecular complexity index is 709. The molecular formula is C15H12N4O2. The Morgan fingerprint density at radius 3 is 2.62 bits per heavy atom. The van der Waals surface area contributed by atoms with Gasteiger partial charge in [-0.2, -0.15) is 0 Å². The van der Waals surface area contributed by atoms with Crippen LogP contribution < -0.4 is 0 Å². The molecule has 0 amide bonds. The molecule has 0 fully saturated rings. The van der Waals surface area contributed by atoms with Crippen LogP contribution in [0.5, 0.6) is 0 Å². The molecule has 6 heteroatoms. The zero-order valence-corrected chi connectivity index (χ0v) is 11.1. The van der Waals surface area contributed by atoms with Gasteiger partial charge in [0.25, 0.3) is 0 Å². The van der Waals surface area contributed by atoms with E-state index in [2.05, 4.69) is 15.0 Å². The Hall–Kier alpha value is -3.02. The van der Waals surface area contributed by atoms with Crippen molar-refractivity contribution in [3.8, 4) is 5.82 Å². The number of rotatable bonds is 4. The summed E-state index contributed by atoms with van der Waals surface area (Å²) >= 11 is 0. The molecule has 0 unspecified atom stereocenters. The van der Waals surface area contributed by atoms with E-state index in [0.29, 0.717) is 5.56 Å². The smallest absolute Gasteiger partial charge is 0.338 e. The zero-order chi connectivity index (χ0) is 14.5. The van der Waals surface area contributed by atoms with Crippen LogP contribution >= 0.6 is 0 Å². The summed E-state index contributed by atoms with van der Waals surface area (Å²) in [6.45, 7) is 0.179. The van der Waals surface area contributed by atoms with E-state index < -0.39 is 0 Å². The lowest BCUT2D eigenvalue weighted by atomic mass is 10.2. The summed E-state index contributed by atoms with van der Waals surface area (Å²) in [6, 6.07) is 6.94. The number of pyridine rings is 2. The van der Waals surface area contributed by atoms with Gasteiger partial charge in [0, 0.05) is 36.5 Å². The van der Waals surface area contributed by atoms with Crippen LogP contribution in [0.4, 0.5) is 0 Å². The first-order chi connectivity index (χ1) is 10.3. The van der Waals surface area contributed by atoms with Crippen LogP contribution in [-0.2, 0) is 11.3 Å². The van der Waals surface area contributed by atoms with Crippen molar-refractivity contribution in [1.82, 2.24) is 19.5 Å². The number of hydrogen-bond donors (Lipinski definition) is 0. The summed E-state index contributed by atoms with van der Waals surface area (Å²) in [4.78, 5) is 23.9. The minimum Gasteiger partial charge on any atom is -0.457 e. The van der Waals surface area contributed by atoms with Crippen LogP contribution in [-0.4, -0.2) is 25.5 Å². The number of nitrogens with zero attached hydrogens (tertiary/aromatic N) is 4. The number of carbonyl (C=O) groups is 1. The molecule has 0 aromatic carbocycles. The number of carbonyl (C=O) groups excluding carboxylic acids is 1. The maximum Gasteiger partial charge on any atom is 0.338 e. The van der Waals surface area contributed by atoms with Crippen molar-refractivity contribution in [2.45, 2.75) is 6.61 Å². The van der Waals surface area contributed by atoms with Crippen LogP contribution in [0.2, 0.25) is 0 Å². The van der Waals surface area contributed by atoms with Gasteiger partial charge in [0.05, 0.1) is 5.56 Å². The standard InChI is InChI=1S/C15H12N4O2/c20-15(13-3-5-16-6-4-13)21-10-12-1-2-14(18-9-12)19-8-7-17-11-19/h1-9,11H,10H2. The first kappa shape index (κ1) is 13.0. The number of hydrogen-bond acceptors (Lipinski definition) is 5. The Labute approximate surface area is 121 Å². The van der Waals surface area contributed by atoms with E-state index in [1.54, 1.807) is 47.8 Å². The van der Waals surface area contributed by atoms with Crippen molar-refractivity contribution >= 4 is 5.97 Å². The minimum atomic E-state index is -0.379. The number of ether oxygens (including phenoxy) is 1. The summed E-state index contributed by atoms with van der Waals surface area (Å²) in [6.07, 6.45) is 9.95. The molecule has 0 spiro atoms. The average molecular weight is 280 g/mol. The van der Waals surface area contributed by atoms with Crippen LogP contribution in [0.15, 0.2) is 61.6 Å². The molecule has 3 rings (SSSR count). The van der Waals surface area contributed by atoms with Crippen molar-refractivity contribution in [3.63, 3.8) is 0 Å². The van der Waals surface area contributed by atoms with E-state index in [-0.39, 0.29) is 12.6 Å². The molecule has 104 valence electrons. The van der Waals surface area contributed by atoms with Crippen LogP contribution in [0.3, 0.4) is 0 Å². The van der Waals surface area contributed by atoms with Gasteiger partial charge < -0.3 is 4.74 Å². The average Bonchev–Trinajstić information content (AvgIpc) is 3.08. The molecule has 0 aliphatic heterocycles. The number of imidazole rings is 1. The molecule has 6 nitrogen and oxygen atoms in total. The molecule has 0 saturated carbocycles. The second-order valence-corrected chi connectivity index (χ2v) is 4.31. The molecule has 0 radical (unpaired) electrons. The fourth-order valence-corrected chi connectivity index (χ4v) is 1.77. The van der Waals surface area contributed by atoms with Crippen LogP contribution in [0.1, 0.15) is 15.9 Å². The van der Waals surface area contributed by atoms with Gasteiger partial charge >= 0.3 is 5.97 Å². The summed E-state index contributed by atoms with van der Waals surface area (Å²) in [7, 11) is 0. The van der Waals surface area contributed by atoms with Gasteiger partial charge in [-0.1, -0.05) is 6.07 Å². The number of aromatic nitrogens is 4. The van der Waals surface area contributed by atoms with E-state index in [1.165, 1.54) is 0 Å². The van der Waals surface area contributed by atoms with Gasteiger partial charge in [0.1, 0.15) is 18.8 Å². The fourth-order valence-electron chi connectivity index (χ4n) is 1.77. The summed E-state index contributed by atoms with van der Waals surface area (Å²) in [5, 5.41) is 0. The van der Waals surface area contributed by atoms with E-state index in [1.807, 2.05) is 18.3 Å². The lowest BCUT2D eigenvalue weighted by molar-refractivity contribution is 0.0472. The molecule has 0 atom stereocenters.